The van der Waals surface area contributed by atoms with Crippen molar-refractivity contribution in [2.45, 2.75) is 25.3 Å². The number of carbonyl (C=O) groups excluding carboxylic acids is 3. The first-order chi connectivity index (χ1) is 14.6. The molecular formula is C25H24N2O3. The molecule has 152 valence electrons. The lowest BCUT2D eigenvalue weighted by Crippen LogP contribution is -2.51. The number of amides is 3. The number of likely N-dealkylation sites (tertiary alicyclic amines) is 1. The highest BCUT2D eigenvalue weighted by atomic mass is 16.2. The van der Waals surface area contributed by atoms with Gasteiger partial charge in [0.15, 0.2) is 0 Å². The number of hydrogen-bond donors (Lipinski definition) is 0. The molecule has 0 bridgehead atoms. The topological polar surface area (TPSA) is 57.7 Å². The van der Waals surface area contributed by atoms with Gasteiger partial charge in [0.05, 0.1) is 11.1 Å². The lowest BCUT2D eigenvalue weighted by molar-refractivity contribution is -0.134. The van der Waals surface area contributed by atoms with Crippen LogP contribution >= 0.6 is 0 Å². The summed E-state index contributed by atoms with van der Waals surface area (Å²) >= 11 is 0. The van der Waals surface area contributed by atoms with Crippen LogP contribution in [0.5, 0.6) is 0 Å². The van der Waals surface area contributed by atoms with Crippen LogP contribution in [0, 0.1) is 11.8 Å². The molecule has 0 radical (unpaired) electrons. The van der Waals surface area contributed by atoms with Gasteiger partial charge in [0.2, 0.25) is 5.91 Å². The standard InChI is InChI=1S/C25H24N2O3/c28-23-20-12-6-7-13-21(20)24(29)27(23)22(14-17-8-2-1-3-9-17)25(30)26-15-18-10-4-5-11-19(18)16-26/h1-9,12-13,18-19,22H,10-11,14-16H2. The number of nitrogens with zero attached hydrogens (tertiary/aromatic N) is 2. The summed E-state index contributed by atoms with van der Waals surface area (Å²) in [7, 11) is 0. The predicted molar refractivity (Wildman–Crippen MR) is 113 cm³/mol. The Hall–Kier alpha value is -3.21. The molecule has 3 atom stereocenters. The molecule has 3 aliphatic rings. The third-order valence-electron chi connectivity index (χ3n) is 6.63. The van der Waals surface area contributed by atoms with Crippen LogP contribution in [-0.2, 0) is 11.2 Å². The van der Waals surface area contributed by atoms with Crippen molar-refractivity contribution in [2.24, 2.45) is 11.8 Å². The number of carbonyl (C=O) groups is 3. The van der Waals surface area contributed by atoms with E-state index < -0.39 is 6.04 Å². The highest BCUT2D eigenvalue weighted by molar-refractivity contribution is 6.22. The smallest absolute Gasteiger partial charge is 0.262 e. The lowest BCUT2D eigenvalue weighted by atomic mass is 9.86. The van der Waals surface area contributed by atoms with Crippen molar-refractivity contribution in [3.05, 3.63) is 83.4 Å². The summed E-state index contributed by atoms with van der Waals surface area (Å²) in [5, 5.41) is 0. The molecule has 0 N–H and O–H groups in total. The van der Waals surface area contributed by atoms with Crippen molar-refractivity contribution in [2.75, 3.05) is 13.1 Å². The molecule has 5 rings (SSSR count). The second-order valence-electron chi connectivity index (χ2n) is 8.44. The SMILES string of the molecule is O=C(C(Cc1ccccc1)N1C(=O)c2ccccc2C1=O)N1CC2CC=CCC2C1. The van der Waals surface area contributed by atoms with Gasteiger partial charge >= 0.3 is 0 Å². The maximum Gasteiger partial charge on any atom is 0.262 e. The third kappa shape index (κ3) is 3.15. The van der Waals surface area contributed by atoms with Crippen LogP contribution in [0.4, 0.5) is 0 Å². The van der Waals surface area contributed by atoms with Crippen LogP contribution in [0.15, 0.2) is 66.7 Å². The van der Waals surface area contributed by atoms with Crippen molar-refractivity contribution in [1.29, 1.82) is 0 Å². The fourth-order valence-corrected chi connectivity index (χ4v) is 5.02. The van der Waals surface area contributed by atoms with E-state index in [2.05, 4.69) is 12.2 Å². The Morgan fingerprint density at radius 2 is 1.37 bits per heavy atom. The monoisotopic (exact) mass is 400 g/mol. The molecule has 0 saturated carbocycles. The number of hydrogen-bond acceptors (Lipinski definition) is 3. The maximum absolute atomic E-state index is 13.7. The molecule has 2 heterocycles. The minimum Gasteiger partial charge on any atom is -0.340 e. The zero-order chi connectivity index (χ0) is 20.7. The van der Waals surface area contributed by atoms with E-state index in [0.717, 1.165) is 18.4 Å². The van der Waals surface area contributed by atoms with Crippen molar-refractivity contribution >= 4 is 17.7 Å². The van der Waals surface area contributed by atoms with Gasteiger partial charge in [-0.2, -0.15) is 0 Å². The molecule has 0 aromatic heterocycles. The van der Waals surface area contributed by atoms with E-state index in [1.807, 2.05) is 35.2 Å². The van der Waals surface area contributed by atoms with Crippen LogP contribution in [0.2, 0.25) is 0 Å². The highest BCUT2D eigenvalue weighted by Crippen LogP contribution is 2.34. The molecule has 3 unspecified atom stereocenters. The van der Waals surface area contributed by atoms with E-state index in [0.29, 0.717) is 42.5 Å². The largest absolute Gasteiger partial charge is 0.340 e. The average molecular weight is 400 g/mol. The first-order valence-electron chi connectivity index (χ1n) is 10.6. The van der Waals surface area contributed by atoms with Gasteiger partial charge in [0, 0.05) is 19.5 Å². The number of allylic oxidation sites excluding steroid dienone is 2. The van der Waals surface area contributed by atoms with E-state index >= 15 is 0 Å². The Morgan fingerprint density at radius 3 is 1.93 bits per heavy atom. The zero-order valence-corrected chi connectivity index (χ0v) is 16.7. The van der Waals surface area contributed by atoms with Crippen LogP contribution in [-0.4, -0.2) is 46.7 Å². The first-order valence-corrected chi connectivity index (χ1v) is 10.6. The van der Waals surface area contributed by atoms with Crippen LogP contribution in [0.1, 0.15) is 39.1 Å². The Morgan fingerprint density at radius 1 is 0.833 bits per heavy atom. The Labute approximate surface area is 176 Å². The summed E-state index contributed by atoms with van der Waals surface area (Å²) in [5.41, 5.74) is 1.70. The minimum atomic E-state index is -0.826. The Balaban J connectivity index is 1.46. The van der Waals surface area contributed by atoms with Gasteiger partial charge in [-0.15, -0.1) is 0 Å². The van der Waals surface area contributed by atoms with Crippen LogP contribution in [0.25, 0.3) is 0 Å². The quantitative estimate of drug-likeness (QED) is 0.584. The lowest BCUT2D eigenvalue weighted by Gasteiger charge is -2.29. The molecule has 2 aliphatic heterocycles. The number of fused-ring (bicyclic) bond motifs is 2. The second-order valence-corrected chi connectivity index (χ2v) is 8.44. The molecule has 0 spiro atoms. The molecule has 30 heavy (non-hydrogen) atoms. The maximum atomic E-state index is 13.7. The van der Waals surface area contributed by atoms with Gasteiger partial charge < -0.3 is 4.90 Å². The molecule has 2 aromatic carbocycles. The van der Waals surface area contributed by atoms with E-state index in [9.17, 15) is 14.4 Å². The fourth-order valence-electron chi connectivity index (χ4n) is 5.02. The molecular weight excluding hydrogens is 376 g/mol. The highest BCUT2D eigenvalue weighted by Gasteiger charge is 2.45. The van der Waals surface area contributed by atoms with Gasteiger partial charge in [0.1, 0.15) is 6.04 Å². The second kappa shape index (κ2) is 7.56. The predicted octanol–water partition coefficient (Wildman–Crippen LogP) is 3.32. The van der Waals surface area contributed by atoms with Gasteiger partial charge in [-0.05, 0) is 42.4 Å². The Kier molecular flexibility index (Phi) is 4.74. The third-order valence-corrected chi connectivity index (χ3v) is 6.63. The molecule has 1 fully saturated rings. The molecule has 5 nitrogen and oxygen atoms in total. The van der Waals surface area contributed by atoms with Crippen LogP contribution in [0.3, 0.4) is 0 Å². The number of imide groups is 1. The van der Waals surface area contributed by atoms with E-state index in [1.54, 1.807) is 24.3 Å². The van der Waals surface area contributed by atoms with E-state index in [4.69, 9.17) is 0 Å². The van der Waals surface area contributed by atoms with E-state index in [1.165, 1.54) is 4.90 Å². The average Bonchev–Trinajstić information content (AvgIpc) is 3.32. The van der Waals surface area contributed by atoms with E-state index in [-0.39, 0.29) is 17.7 Å². The summed E-state index contributed by atoms with van der Waals surface area (Å²) in [6.45, 7) is 1.39. The zero-order valence-electron chi connectivity index (χ0n) is 16.7. The molecule has 3 amide bonds. The minimum absolute atomic E-state index is 0.122. The fraction of sp³-hybridized carbons (Fsp3) is 0.320. The summed E-state index contributed by atoms with van der Waals surface area (Å²) in [4.78, 5) is 43.0. The normalized spacial score (nSPS) is 23.5. The van der Waals surface area contributed by atoms with Crippen molar-refractivity contribution < 1.29 is 14.4 Å². The molecule has 5 heteroatoms. The van der Waals surface area contributed by atoms with Gasteiger partial charge in [0.25, 0.3) is 11.8 Å². The summed E-state index contributed by atoms with van der Waals surface area (Å²) in [6.07, 6.45) is 6.70. The van der Waals surface area contributed by atoms with Gasteiger partial charge in [-0.1, -0.05) is 54.6 Å². The van der Waals surface area contributed by atoms with Crippen molar-refractivity contribution in [3.63, 3.8) is 0 Å². The summed E-state index contributed by atoms with van der Waals surface area (Å²) in [6, 6.07) is 15.6. The Bertz CT molecular complexity index is 979. The summed E-state index contributed by atoms with van der Waals surface area (Å²) < 4.78 is 0. The molecule has 1 saturated heterocycles. The first kappa shape index (κ1) is 18.8. The van der Waals surface area contributed by atoms with Gasteiger partial charge in [-0.3, -0.25) is 19.3 Å². The van der Waals surface area contributed by atoms with Crippen LogP contribution < -0.4 is 0 Å². The van der Waals surface area contributed by atoms with Crippen molar-refractivity contribution in [3.8, 4) is 0 Å². The summed E-state index contributed by atoms with van der Waals surface area (Å²) in [5.74, 6) is 0.0751. The van der Waals surface area contributed by atoms with Crippen molar-refractivity contribution in [1.82, 2.24) is 9.80 Å². The number of benzene rings is 2. The molecule has 2 aromatic rings. The molecule has 1 aliphatic carbocycles. The number of rotatable bonds is 4. The van der Waals surface area contributed by atoms with Gasteiger partial charge in [-0.25, -0.2) is 0 Å².